The van der Waals surface area contributed by atoms with Crippen molar-refractivity contribution in [3.05, 3.63) is 51.3 Å². The Balaban J connectivity index is 2.54. The number of halogens is 1. The van der Waals surface area contributed by atoms with E-state index in [0.717, 1.165) is 5.56 Å². The zero-order valence-electron chi connectivity index (χ0n) is 10.2. The molecule has 1 heterocycles. The largest absolute Gasteiger partial charge is 0.322 e. The molecule has 0 aliphatic rings. The van der Waals surface area contributed by atoms with Crippen LogP contribution in [0.3, 0.4) is 0 Å². The maximum absolute atomic E-state index is 11.7. The fourth-order valence-electron chi connectivity index (χ4n) is 1.65. The Morgan fingerprint density at radius 2 is 1.89 bits per heavy atom. The van der Waals surface area contributed by atoms with Gasteiger partial charge in [-0.3, -0.25) is 4.79 Å². The number of hydrogen-bond acceptors (Lipinski definition) is 3. The van der Waals surface area contributed by atoms with Crippen molar-refractivity contribution in [2.75, 3.05) is 0 Å². The molecule has 5 heteroatoms. The molecule has 0 unspecified atom stereocenters. The van der Waals surface area contributed by atoms with Crippen molar-refractivity contribution in [3.8, 4) is 11.3 Å². The second-order valence-electron chi connectivity index (χ2n) is 4.72. The molecule has 0 aliphatic carbocycles. The zero-order chi connectivity index (χ0) is 13.3. The summed E-state index contributed by atoms with van der Waals surface area (Å²) in [5.74, 6) is 0. The monoisotopic (exact) mass is 263 g/mol. The third-order valence-corrected chi connectivity index (χ3v) is 2.89. The van der Waals surface area contributed by atoms with Crippen LogP contribution >= 0.6 is 11.6 Å². The van der Waals surface area contributed by atoms with Gasteiger partial charge in [-0.25, -0.2) is 5.10 Å². The molecule has 1 aromatic heterocycles. The van der Waals surface area contributed by atoms with Gasteiger partial charge in [0.15, 0.2) is 0 Å². The standard InChI is InChI=1S/C13H14ClN3O/c1-13(2,15)10-7-11(16-17-12(10)18)8-3-5-9(14)6-4-8/h3-7H,15H2,1-2H3,(H,17,18). The molecular formula is C13H14ClN3O. The summed E-state index contributed by atoms with van der Waals surface area (Å²) in [7, 11) is 0. The molecular weight excluding hydrogens is 250 g/mol. The average Bonchev–Trinajstić information content (AvgIpc) is 2.29. The Morgan fingerprint density at radius 1 is 1.28 bits per heavy atom. The van der Waals surface area contributed by atoms with E-state index in [0.29, 0.717) is 16.3 Å². The molecule has 94 valence electrons. The van der Waals surface area contributed by atoms with Crippen LogP contribution in [0.25, 0.3) is 11.3 Å². The molecule has 3 N–H and O–H groups in total. The molecule has 0 fully saturated rings. The fraction of sp³-hybridized carbons (Fsp3) is 0.231. The Morgan fingerprint density at radius 3 is 2.44 bits per heavy atom. The number of nitrogens with two attached hydrogens (primary N) is 1. The van der Waals surface area contributed by atoms with Crippen molar-refractivity contribution in [2.45, 2.75) is 19.4 Å². The molecule has 18 heavy (non-hydrogen) atoms. The van der Waals surface area contributed by atoms with Crippen LogP contribution in [0, 0.1) is 0 Å². The van der Waals surface area contributed by atoms with E-state index in [9.17, 15) is 4.79 Å². The number of nitrogens with zero attached hydrogens (tertiary/aromatic N) is 1. The highest BCUT2D eigenvalue weighted by molar-refractivity contribution is 6.30. The number of aromatic amines is 1. The maximum Gasteiger partial charge on any atom is 0.269 e. The minimum atomic E-state index is -0.711. The van der Waals surface area contributed by atoms with Crippen molar-refractivity contribution in [1.82, 2.24) is 10.2 Å². The summed E-state index contributed by atoms with van der Waals surface area (Å²) >= 11 is 5.83. The topological polar surface area (TPSA) is 71.8 Å². The molecule has 1 aromatic carbocycles. The van der Waals surface area contributed by atoms with Gasteiger partial charge < -0.3 is 5.73 Å². The predicted octanol–water partition coefficient (Wildman–Crippen LogP) is 2.28. The fourth-order valence-corrected chi connectivity index (χ4v) is 1.78. The number of rotatable bonds is 2. The van der Waals surface area contributed by atoms with Gasteiger partial charge in [0.1, 0.15) is 0 Å². The number of aromatic nitrogens is 2. The lowest BCUT2D eigenvalue weighted by atomic mass is 9.96. The Bertz CT molecular complexity index is 611. The highest BCUT2D eigenvalue weighted by Gasteiger charge is 2.19. The number of nitrogens with one attached hydrogen (secondary N) is 1. The molecule has 0 saturated carbocycles. The van der Waals surface area contributed by atoms with Gasteiger partial charge in [-0.15, -0.1) is 0 Å². The van der Waals surface area contributed by atoms with Gasteiger partial charge in [-0.2, -0.15) is 5.10 Å². The van der Waals surface area contributed by atoms with Gasteiger partial charge in [0.05, 0.1) is 5.69 Å². The van der Waals surface area contributed by atoms with E-state index in [2.05, 4.69) is 10.2 Å². The maximum atomic E-state index is 11.7. The SMILES string of the molecule is CC(C)(N)c1cc(-c2ccc(Cl)cc2)n[nH]c1=O. The van der Waals surface area contributed by atoms with Crippen LogP contribution in [0.15, 0.2) is 35.1 Å². The second kappa shape index (κ2) is 4.55. The number of hydrogen-bond donors (Lipinski definition) is 2. The van der Waals surface area contributed by atoms with Crippen LogP contribution in [-0.4, -0.2) is 10.2 Å². The molecule has 0 amide bonds. The molecule has 0 aliphatic heterocycles. The first-order valence-electron chi connectivity index (χ1n) is 5.53. The molecule has 2 aromatic rings. The van der Waals surface area contributed by atoms with Gasteiger partial charge in [0.2, 0.25) is 0 Å². The summed E-state index contributed by atoms with van der Waals surface area (Å²) in [6.45, 7) is 3.56. The van der Waals surface area contributed by atoms with Crippen LogP contribution in [-0.2, 0) is 5.54 Å². The van der Waals surface area contributed by atoms with Gasteiger partial charge in [-0.1, -0.05) is 23.7 Å². The Labute approximate surface area is 110 Å². The minimum absolute atomic E-state index is 0.264. The second-order valence-corrected chi connectivity index (χ2v) is 5.16. The Kier molecular flexibility index (Phi) is 3.24. The first-order valence-corrected chi connectivity index (χ1v) is 5.91. The quantitative estimate of drug-likeness (QED) is 0.873. The van der Waals surface area contributed by atoms with E-state index < -0.39 is 5.54 Å². The van der Waals surface area contributed by atoms with Crippen molar-refractivity contribution in [2.24, 2.45) is 5.73 Å². The van der Waals surface area contributed by atoms with E-state index in [1.807, 2.05) is 12.1 Å². The summed E-state index contributed by atoms with van der Waals surface area (Å²) in [6, 6.07) is 8.95. The molecule has 0 atom stereocenters. The highest BCUT2D eigenvalue weighted by Crippen LogP contribution is 2.21. The van der Waals surface area contributed by atoms with Gasteiger partial charge in [0, 0.05) is 21.7 Å². The number of benzene rings is 1. The minimum Gasteiger partial charge on any atom is -0.322 e. The van der Waals surface area contributed by atoms with E-state index in [1.54, 1.807) is 32.0 Å². The molecule has 2 rings (SSSR count). The van der Waals surface area contributed by atoms with Crippen LogP contribution in [0.1, 0.15) is 19.4 Å². The van der Waals surface area contributed by atoms with E-state index in [1.165, 1.54) is 0 Å². The summed E-state index contributed by atoms with van der Waals surface area (Å²) in [5.41, 5.74) is 7.03. The molecule has 0 spiro atoms. The predicted molar refractivity (Wildman–Crippen MR) is 72.5 cm³/mol. The number of H-pyrrole nitrogens is 1. The third kappa shape index (κ3) is 2.60. The summed E-state index contributed by atoms with van der Waals surface area (Å²) in [4.78, 5) is 11.7. The van der Waals surface area contributed by atoms with Gasteiger partial charge >= 0.3 is 0 Å². The van der Waals surface area contributed by atoms with Crippen LogP contribution in [0.5, 0.6) is 0 Å². The summed E-state index contributed by atoms with van der Waals surface area (Å²) < 4.78 is 0. The molecule has 0 radical (unpaired) electrons. The lowest BCUT2D eigenvalue weighted by Gasteiger charge is -2.18. The highest BCUT2D eigenvalue weighted by atomic mass is 35.5. The van der Waals surface area contributed by atoms with E-state index in [-0.39, 0.29) is 5.56 Å². The summed E-state index contributed by atoms with van der Waals surface area (Å²) in [6.07, 6.45) is 0. The third-order valence-electron chi connectivity index (χ3n) is 2.64. The lowest BCUT2D eigenvalue weighted by molar-refractivity contribution is 0.544. The van der Waals surface area contributed by atoms with E-state index in [4.69, 9.17) is 17.3 Å². The lowest BCUT2D eigenvalue weighted by Crippen LogP contribution is -2.35. The smallest absolute Gasteiger partial charge is 0.269 e. The van der Waals surface area contributed by atoms with Gasteiger partial charge in [-0.05, 0) is 32.0 Å². The van der Waals surface area contributed by atoms with Crippen molar-refractivity contribution >= 4 is 11.6 Å². The molecule has 0 saturated heterocycles. The van der Waals surface area contributed by atoms with Gasteiger partial charge in [0.25, 0.3) is 5.56 Å². The van der Waals surface area contributed by atoms with E-state index >= 15 is 0 Å². The first-order chi connectivity index (χ1) is 8.38. The molecule has 4 nitrogen and oxygen atoms in total. The Hall–Kier alpha value is -1.65. The molecule has 0 bridgehead atoms. The first kappa shape index (κ1) is 12.8. The van der Waals surface area contributed by atoms with Crippen molar-refractivity contribution in [3.63, 3.8) is 0 Å². The van der Waals surface area contributed by atoms with Crippen LogP contribution in [0.2, 0.25) is 5.02 Å². The van der Waals surface area contributed by atoms with Crippen molar-refractivity contribution in [1.29, 1.82) is 0 Å². The normalized spacial score (nSPS) is 11.6. The van der Waals surface area contributed by atoms with Crippen LogP contribution < -0.4 is 11.3 Å². The summed E-state index contributed by atoms with van der Waals surface area (Å²) in [5, 5.41) is 7.14. The zero-order valence-corrected chi connectivity index (χ0v) is 11.0. The van der Waals surface area contributed by atoms with Crippen molar-refractivity contribution < 1.29 is 0 Å². The van der Waals surface area contributed by atoms with Crippen LogP contribution in [0.4, 0.5) is 0 Å². The average molecular weight is 264 g/mol.